The van der Waals surface area contributed by atoms with Gasteiger partial charge in [0.15, 0.2) is 0 Å². The molecule has 0 N–H and O–H groups in total. The number of nitrogens with zero attached hydrogens (tertiary/aromatic N) is 1. The summed E-state index contributed by atoms with van der Waals surface area (Å²) >= 11 is 6.26. The number of hydrogen-bond donors (Lipinski definition) is 0. The standard InChI is InChI=1S/C15H16ClN/c16-14-6-3-5-11(9-14)13-8-12-4-1-2-7-15(12)17-10-13/h1-2,4,7-8,10-11,14H,3,5-6,9H2. The zero-order valence-electron chi connectivity index (χ0n) is 9.77. The first kappa shape index (κ1) is 11.0. The summed E-state index contributed by atoms with van der Waals surface area (Å²) < 4.78 is 0. The van der Waals surface area contributed by atoms with Gasteiger partial charge >= 0.3 is 0 Å². The molecule has 1 aliphatic carbocycles. The van der Waals surface area contributed by atoms with Crippen LogP contribution in [0.4, 0.5) is 0 Å². The SMILES string of the molecule is ClC1CCCC(c2cnc3ccccc3c2)C1. The lowest BCUT2D eigenvalue weighted by atomic mass is 9.84. The molecule has 88 valence electrons. The van der Waals surface area contributed by atoms with E-state index < -0.39 is 0 Å². The molecular weight excluding hydrogens is 230 g/mol. The summed E-state index contributed by atoms with van der Waals surface area (Å²) in [5.74, 6) is 0.600. The molecule has 0 spiro atoms. The topological polar surface area (TPSA) is 12.9 Å². The molecule has 0 amide bonds. The molecule has 1 aromatic carbocycles. The van der Waals surface area contributed by atoms with Gasteiger partial charge in [0.2, 0.25) is 0 Å². The van der Waals surface area contributed by atoms with Crippen molar-refractivity contribution in [2.75, 3.05) is 0 Å². The summed E-state index contributed by atoms with van der Waals surface area (Å²) in [5, 5.41) is 1.59. The lowest BCUT2D eigenvalue weighted by Gasteiger charge is -2.25. The van der Waals surface area contributed by atoms with Gasteiger partial charge in [-0.25, -0.2) is 0 Å². The summed E-state index contributed by atoms with van der Waals surface area (Å²) in [5.41, 5.74) is 2.43. The number of pyridine rings is 1. The van der Waals surface area contributed by atoms with Gasteiger partial charge in [0.25, 0.3) is 0 Å². The van der Waals surface area contributed by atoms with Crippen molar-refractivity contribution in [1.82, 2.24) is 4.98 Å². The van der Waals surface area contributed by atoms with Gasteiger partial charge in [-0.15, -0.1) is 11.6 Å². The third-order valence-electron chi connectivity index (χ3n) is 3.69. The van der Waals surface area contributed by atoms with E-state index in [1.165, 1.54) is 30.2 Å². The molecule has 1 saturated carbocycles. The molecule has 1 aromatic heterocycles. The molecule has 2 unspecified atom stereocenters. The number of benzene rings is 1. The van der Waals surface area contributed by atoms with E-state index in [0.717, 1.165) is 11.9 Å². The molecule has 1 fully saturated rings. The first-order valence-electron chi connectivity index (χ1n) is 6.32. The van der Waals surface area contributed by atoms with Crippen molar-refractivity contribution < 1.29 is 0 Å². The molecule has 1 heterocycles. The van der Waals surface area contributed by atoms with E-state index in [9.17, 15) is 0 Å². The largest absolute Gasteiger partial charge is 0.256 e. The van der Waals surface area contributed by atoms with Gasteiger partial charge < -0.3 is 0 Å². The van der Waals surface area contributed by atoms with Crippen molar-refractivity contribution in [1.29, 1.82) is 0 Å². The van der Waals surface area contributed by atoms with Gasteiger partial charge in [0, 0.05) is 17.0 Å². The normalized spacial score (nSPS) is 25.0. The molecule has 2 aromatic rings. The van der Waals surface area contributed by atoms with Gasteiger partial charge in [-0.1, -0.05) is 24.6 Å². The highest BCUT2D eigenvalue weighted by Gasteiger charge is 2.21. The lowest BCUT2D eigenvalue weighted by molar-refractivity contribution is 0.449. The molecule has 17 heavy (non-hydrogen) atoms. The van der Waals surface area contributed by atoms with Crippen LogP contribution < -0.4 is 0 Å². The fourth-order valence-corrected chi connectivity index (χ4v) is 3.11. The maximum Gasteiger partial charge on any atom is 0.0702 e. The Labute approximate surface area is 107 Å². The van der Waals surface area contributed by atoms with E-state index in [1.807, 2.05) is 12.3 Å². The number of fused-ring (bicyclic) bond motifs is 1. The summed E-state index contributed by atoms with van der Waals surface area (Å²) in [4.78, 5) is 4.54. The van der Waals surface area contributed by atoms with E-state index in [4.69, 9.17) is 11.6 Å². The molecule has 2 heteroatoms. The summed E-state index contributed by atoms with van der Waals surface area (Å²) in [6, 6.07) is 10.6. The summed E-state index contributed by atoms with van der Waals surface area (Å²) in [7, 11) is 0. The van der Waals surface area contributed by atoms with Crippen molar-refractivity contribution in [2.24, 2.45) is 0 Å². The maximum atomic E-state index is 6.26. The maximum absolute atomic E-state index is 6.26. The highest BCUT2D eigenvalue weighted by molar-refractivity contribution is 6.20. The minimum atomic E-state index is 0.347. The van der Waals surface area contributed by atoms with Crippen molar-refractivity contribution in [3.05, 3.63) is 42.1 Å². The molecule has 1 nitrogen and oxygen atoms in total. The van der Waals surface area contributed by atoms with Crippen molar-refractivity contribution >= 4 is 22.5 Å². The van der Waals surface area contributed by atoms with E-state index in [2.05, 4.69) is 29.2 Å². The third-order valence-corrected chi connectivity index (χ3v) is 4.09. The van der Waals surface area contributed by atoms with Gasteiger partial charge in [0.1, 0.15) is 0 Å². The summed E-state index contributed by atoms with van der Waals surface area (Å²) in [6.45, 7) is 0. The Hall–Kier alpha value is -1.08. The zero-order valence-corrected chi connectivity index (χ0v) is 10.5. The van der Waals surface area contributed by atoms with Crippen molar-refractivity contribution in [2.45, 2.75) is 37.0 Å². The number of alkyl halides is 1. The van der Waals surface area contributed by atoms with Crippen LogP contribution in [0.15, 0.2) is 36.5 Å². The van der Waals surface area contributed by atoms with E-state index >= 15 is 0 Å². The Morgan fingerprint density at radius 3 is 2.94 bits per heavy atom. The smallest absolute Gasteiger partial charge is 0.0702 e. The average molecular weight is 246 g/mol. The van der Waals surface area contributed by atoms with Crippen LogP contribution in [-0.2, 0) is 0 Å². The van der Waals surface area contributed by atoms with Crippen molar-refractivity contribution in [3.63, 3.8) is 0 Å². The Morgan fingerprint density at radius 2 is 2.06 bits per heavy atom. The van der Waals surface area contributed by atoms with Gasteiger partial charge in [-0.05, 0) is 42.9 Å². The monoisotopic (exact) mass is 245 g/mol. The highest BCUT2D eigenvalue weighted by Crippen LogP contribution is 2.35. The molecule has 2 atom stereocenters. The van der Waals surface area contributed by atoms with Crippen LogP contribution >= 0.6 is 11.6 Å². The highest BCUT2D eigenvalue weighted by atomic mass is 35.5. The Balaban J connectivity index is 1.94. The number of aromatic nitrogens is 1. The van der Waals surface area contributed by atoms with Crippen LogP contribution in [0.25, 0.3) is 10.9 Å². The Kier molecular flexibility index (Phi) is 3.02. The predicted molar refractivity (Wildman–Crippen MR) is 72.6 cm³/mol. The first-order valence-corrected chi connectivity index (χ1v) is 6.75. The van der Waals surface area contributed by atoms with Gasteiger partial charge in [-0.3, -0.25) is 4.98 Å². The molecular formula is C15H16ClN. The minimum absolute atomic E-state index is 0.347. The summed E-state index contributed by atoms with van der Waals surface area (Å²) in [6.07, 6.45) is 6.79. The van der Waals surface area contributed by atoms with Crippen LogP contribution in [0, 0.1) is 0 Å². The fourth-order valence-electron chi connectivity index (χ4n) is 2.74. The minimum Gasteiger partial charge on any atom is -0.256 e. The first-order chi connectivity index (χ1) is 8.33. The van der Waals surface area contributed by atoms with E-state index in [1.54, 1.807) is 0 Å². The zero-order chi connectivity index (χ0) is 11.7. The molecule has 0 saturated heterocycles. The Bertz CT molecular complexity index is 523. The number of para-hydroxylation sites is 1. The number of halogens is 1. The van der Waals surface area contributed by atoms with Crippen LogP contribution in [0.1, 0.15) is 37.2 Å². The molecule has 0 bridgehead atoms. The van der Waals surface area contributed by atoms with Gasteiger partial charge in [0.05, 0.1) is 5.52 Å². The second-order valence-corrected chi connectivity index (χ2v) is 5.54. The fraction of sp³-hybridized carbons (Fsp3) is 0.400. The van der Waals surface area contributed by atoms with Gasteiger partial charge in [-0.2, -0.15) is 0 Å². The molecule has 0 aliphatic heterocycles. The van der Waals surface area contributed by atoms with E-state index in [0.29, 0.717) is 11.3 Å². The van der Waals surface area contributed by atoms with Crippen molar-refractivity contribution in [3.8, 4) is 0 Å². The Morgan fingerprint density at radius 1 is 1.18 bits per heavy atom. The quantitative estimate of drug-likeness (QED) is 0.674. The second-order valence-electron chi connectivity index (χ2n) is 4.92. The van der Waals surface area contributed by atoms with Crippen LogP contribution in [0.3, 0.4) is 0 Å². The van der Waals surface area contributed by atoms with Crippen LogP contribution in [-0.4, -0.2) is 10.4 Å². The molecule has 1 aliphatic rings. The number of hydrogen-bond acceptors (Lipinski definition) is 1. The number of rotatable bonds is 1. The van der Waals surface area contributed by atoms with E-state index in [-0.39, 0.29) is 0 Å². The predicted octanol–water partition coefficient (Wildman–Crippen LogP) is 4.50. The second kappa shape index (κ2) is 4.66. The molecule has 3 rings (SSSR count). The van der Waals surface area contributed by atoms with Crippen LogP contribution in [0.2, 0.25) is 0 Å². The van der Waals surface area contributed by atoms with Crippen LogP contribution in [0.5, 0.6) is 0 Å². The molecule has 0 radical (unpaired) electrons. The lowest BCUT2D eigenvalue weighted by Crippen LogP contribution is -2.14. The average Bonchev–Trinajstić information content (AvgIpc) is 2.38. The third kappa shape index (κ3) is 2.30.